The number of nitrogens with zero attached hydrogens (tertiary/aromatic N) is 4. The highest BCUT2D eigenvalue weighted by molar-refractivity contribution is 7.71. The summed E-state index contributed by atoms with van der Waals surface area (Å²) in [5, 5.41) is 4.86. The van der Waals surface area contributed by atoms with Gasteiger partial charge in [-0.15, -0.1) is 0 Å². The summed E-state index contributed by atoms with van der Waals surface area (Å²) in [6.07, 6.45) is 6.96. The normalized spacial score (nSPS) is 20.3. The van der Waals surface area contributed by atoms with Crippen LogP contribution in [0.15, 0.2) is 18.2 Å². The fourth-order valence-corrected chi connectivity index (χ4v) is 4.63. The van der Waals surface area contributed by atoms with E-state index >= 15 is 0 Å². The van der Waals surface area contributed by atoms with Gasteiger partial charge in [-0.05, 0) is 56.1 Å². The Balaban J connectivity index is 1.61. The summed E-state index contributed by atoms with van der Waals surface area (Å²) < 4.78 is 16.2. The second-order valence-electron chi connectivity index (χ2n) is 7.38. The molecular formula is C20H28N4O2S. The third-order valence-electron chi connectivity index (χ3n) is 5.76. The second kappa shape index (κ2) is 8.02. The van der Waals surface area contributed by atoms with Gasteiger partial charge in [-0.3, -0.25) is 4.90 Å². The Morgan fingerprint density at radius 3 is 2.81 bits per heavy atom. The maximum atomic E-state index is 5.74. The molecule has 7 heteroatoms. The molecule has 2 aliphatic rings. The number of rotatable bonds is 5. The van der Waals surface area contributed by atoms with Crippen molar-refractivity contribution in [3.8, 4) is 11.5 Å². The fourth-order valence-electron chi connectivity index (χ4n) is 4.34. The molecule has 3 heterocycles. The van der Waals surface area contributed by atoms with Crippen molar-refractivity contribution in [2.24, 2.45) is 0 Å². The molecule has 0 bridgehead atoms. The van der Waals surface area contributed by atoms with Crippen LogP contribution in [0.3, 0.4) is 0 Å². The molecule has 1 aromatic heterocycles. The van der Waals surface area contributed by atoms with Gasteiger partial charge in [0.05, 0.1) is 20.9 Å². The van der Waals surface area contributed by atoms with Gasteiger partial charge in [0.1, 0.15) is 17.3 Å². The van der Waals surface area contributed by atoms with Gasteiger partial charge < -0.3 is 14.0 Å². The molecule has 0 spiro atoms. The van der Waals surface area contributed by atoms with Crippen molar-refractivity contribution < 1.29 is 9.47 Å². The van der Waals surface area contributed by atoms with E-state index in [4.69, 9.17) is 26.8 Å². The molecule has 0 amide bonds. The quantitative estimate of drug-likeness (QED) is 0.726. The van der Waals surface area contributed by atoms with E-state index in [1.54, 1.807) is 14.2 Å². The van der Waals surface area contributed by atoms with Gasteiger partial charge in [-0.2, -0.15) is 5.10 Å². The number of benzene rings is 1. The summed E-state index contributed by atoms with van der Waals surface area (Å²) in [7, 11) is 3.43. The number of ether oxygens (including phenoxy) is 2. The van der Waals surface area contributed by atoms with E-state index in [-0.39, 0.29) is 0 Å². The van der Waals surface area contributed by atoms with Crippen LogP contribution in [0.1, 0.15) is 49.5 Å². The third kappa shape index (κ3) is 3.62. The van der Waals surface area contributed by atoms with Crippen molar-refractivity contribution >= 4 is 12.2 Å². The SMILES string of the molecule is COc1ccc(OC)c([C@@H]2CCCN2Cn2nc3n(c2=S)CCCCC3)c1. The lowest BCUT2D eigenvalue weighted by Crippen LogP contribution is -2.27. The van der Waals surface area contributed by atoms with Crippen LogP contribution >= 0.6 is 12.2 Å². The highest BCUT2D eigenvalue weighted by Gasteiger charge is 2.29. The van der Waals surface area contributed by atoms with Gasteiger partial charge in [-0.25, -0.2) is 4.68 Å². The standard InChI is InChI=1S/C20H28N4O2S/c1-25-15-9-10-18(26-2)16(13-15)17-7-6-11-22(17)14-24-20(27)23-12-5-3-4-8-19(23)21-24/h9-10,13,17H,3-8,11-12,14H2,1-2H3/t17-/m0/s1. The largest absolute Gasteiger partial charge is 0.497 e. The van der Waals surface area contributed by atoms with Crippen LogP contribution in [-0.4, -0.2) is 40.0 Å². The molecule has 1 aromatic carbocycles. The van der Waals surface area contributed by atoms with Crippen molar-refractivity contribution in [2.75, 3.05) is 20.8 Å². The maximum absolute atomic E-state index is 5.74. The molecule has 1 atom stereocenters. The lowest BCUT2D eigenvalue weighted by molar-refractivity contribution is 0.186. The molecule has 2 aliphatic heterocycles. The van der Waals surface area contributed by atoms with Crippen molar-refractivity contribution in [3.63, 3.8) is 0 Å². The van der Waals surface area contributed by atoms with E-state index in [2.05, 4.69) is 15.5 Å². The molecular weight excluding hydrogens is 360 g/mol. The van der Waals surface area contributed by atoms with Crippen molar-refractivity contribution in [2.45, 2.75) is 57.8 Å². The summed E-state index contributed by atoms with van der Waals surface area (Å²) in [6, 6.07) is 6.33. The Morgan fingerprint density at radius 1 is 1.11 bits per heavy atom. The van der Waals surface area contributed by atoms with Crippen molar-refractivity contribution in [1.82, 2.24) is 19.2 Å². The number of hydrogen-bond acceptors (Lipinski definition) is 5. The highest BCUT2D eigenvalue weighted by atomic mass is 32.1. The van der Waals surface area contributed by atoms with E-state index in [0.717, 1.165) is 61.1 Å². The lowest BCUT2D eigenvalue weighted by Gasteiger charge is -2.26. The Morgan fingerprint density at radius 2 is 2.00 bits per heavy atom. The monoisotopic (exact) mass is 388 g/mol. The average Bonchev–Trinajstić information content (AvgIpc) is 3.18. The number of likely N-dealkylation sites (tertiary alicyclic amines) is 1. The second-order valence-corrected chi connectivity index (χ2v) is 7.75. The van der Waals surface area contributed by atoms with Gasteiger partial charge in [0.2, 0.25) is 0 Å². The molecule has 4 rings (SSSR count). The maximum Gasteiger partial charge on any atom is 0.199 e. The van der Waals surface area contributed by atoms with Gasteiger partial charge in [-0.1, -0.05) is 6.42 Å². The van der Waals surface area contributed by atoms with Crippen LogP contribution in [0.4, 0.5) is 0 Å². The summed E-state index contributed by atoms with van der Waals surface area (Å²) in [5.74, 6) is 2.92. The molecule has 6 nitrogen and oxygen atoms in total. The van der Waals surface area contributed by atoms with Gasteiger partial charge >= 0.3 is 0 Å². The van der Waals surface area contributed by atoms with E-state index in [9.17, 15) is 0 Å². The van der Waals surface area contributed by atoms with Crippen molar-refractivity contribution in [3.05, 3.63) is 34.4 Å². The number of aromatic nitrogens is 3. The van der Waals surface area contributed by atoms with Crippen LogP contribution in [0.5, 0.6) is 11.5 Å². The Hall–Kier alpha value is -1.86. The van der Waals surface area contributed by atoms with E-state index in [1.165, 1.54) is 24.8 Å². The molecule has 0 unspecified atom stereocenters. The first-order valence-corrected chi connectivity index (χ1v) is 10.2. The van der Waals surface area contributed by atoms with Crippen molar-refractivity contribution in [1.29, 1.82) is 0 Å². The minimum atomic E-state index is 0.290. The zero-order valence-corrected chi connectivity index (χ0v) is 17.0. The van der Waals surface area contributed by atoms with Crippen LogP contribution in [0.25, 0.3) is 0 Å². The molecule has 1 saturated heterocycles. The number of methoxy groups -OCH3 is 2. The predicted molar refractivity (Wildman–Crippen MR) is 107 cm³/mol. The molecule has 0 aliphatic carbocycles. The van der Waals surface area contributed by atoms with Crippen LogP contribution in [-0.2, 0) is 19.6 Å². The van der Waals surface area contributed by atoms with Crippen LogP contribution in [0, 0.1) is 4.77 Å². The first-order chi connectivity index (χ1) is 13.2. The Labute approximate surface area is 165 Å². The summed E-state index contributed by atoms with van der Waals surface area (Å²) in [6.45, 7) is 2.76. The van der Waals surface area contributed by atoms with E-state index in [1.807, 2.05) is 16.8 Å². The Kier molecular flexibility index (Phi) is 5.50. The summed E-state index contributed by atoms with van der Waals surface area (Å²) in [4.78, 5) is 2.46. The first-order valence-electron chi connectivity index (χ1n) is 9.83. The zero-order valence-electron chi connectivity index (χ0n) is 16.2. The molecule has 0 radical (unpaired) electrons. The molecule has 0 N–H and O–H groups in total. The first kappa shape index (κ1) is 18.5. The van der Waals surface area contributed by atoms with Crippen LogP contribution in [0.2, 0.25) is 0 Å². The zero-order chi connectivity index (χ0) is 18.8. The number of fused-ring (bicyclic) bond motifs is 1. The average molecular weight is 389 g/mol. The minimum absolute atomic E-state index is 0.290. The van der Waals surface area contributed by atoms with Crippen LogP contribution < -0.4 is 9.47 Å². The molecule has 27 heavy (non-hydrogen) atoms. The molecule has 2 aromatic rings. The minimum Gasteiger partial charge on any atom is -0.497 e. The predicted octanol–water partition coefficient (Wildman–Crippen LogP) is 3.95. The number of hydrogen-bond donors (Lipinski definition) is 0. The topological polar surface area (TPSA) is 44.5 Å². The molecule has 1 fully saturated rings. The van der Waals surface area contributed by atoms with Gasteiger partial charge in [0.25, 0.3) is 0 Å². The number of aryl methyl sites for hydroxylation is 1. The Bertz CT molecular complexity index is 860. The smallest absolute Gasteiger partial charge is 0.199 e. The highest BCUT2D eigenvalue weighted by Crippen LogP contribution is 2.39. The van der Waals surface area contributed by atoms with Gasteiger partial charge in [0, 0.05) is 31.1 Å². The van der Waals surface area contributed by atoms with Gasteiger partial charge in [0.15, 0.2) is 4.77 Å². The lowest BCUT2D eigenvalue weighted by atomic mass is 10.0. The molecule has 0 saturated carbocycles. The summed E-state index contributed by atoms with van der Waals surface area (Å²) in [5.41, 5.74) is 1.18. The molecule has 146 valence electrons. The fraction of sp³-hybridized carbons (Fsp3) is 0.600. The van der Waals surface area contributed by atoms with E-state index in [0.29, 0.717) is 6.04 Å². The summed E-state index contributed by atoms with van der Waals surface area (Å²) >= 11 is 5.74. The third-order valence-corrected chi connectivity index (χ3v) is 6.19. The van der Waals surface area contributed by atoms with E-state index < -0.39 is 0 Å².